The molecule has 1 aromatic heterocycles. The van der Waals surface area contributed by atoms with Crippen LogP contribution >= 0.6 is 11.6 Å². The van der Waals surface area contributed by atoms with Gasteiger partial charge in [0.25, 0.3) is 0 Å². The molecule has 1 atom stereocenters. The van der Waals surface area contributed by atoms with E-state index in [-0.39, 0.29) is 19.0 Å². The standard InChI is InChI=1S/C24H27ClN4O5/c1-4-34-14-18-9-10-19(11-20(18)25)26-22-27-23(32)29(12-16(3)21(30)31)24(33)28(22)13-17-7-5-15(2)6-8-17/h5-11,16H,4,12-14H2,1-3H3,(H,30,31)(H,26,27,32)/t16-/m0/s1. The van der Waals surface area contributed by atoms with Gasteiger partial charge in [0.15, 0.2) is 0 Å². The number of hydrogen-bond acceptors (Lipinski definition) is 6. The second-order valence-electron chi connectivity index (χ2n) is 7.99. The van der Waals surface area contributed by atoms with Crippen molar-refractivity contribution in [1.82, 2.24) is 14.1 Å². The van der Waals surface area contributed by atoms with E-state index in [0.717, 1.165) is 21.3 Å². The van der Waals surface area contributed by atoms with Crippen LogP contribution < -0.4 is 16.7 Å². The van der Waals surface area contributed by atoms with Gasteiger partial charge in [0.2, 0.25) is 5.95 Å². The SMILES string of the molecule is CCOCc1ccc(Nc2nc(=O)n(C[C@H](C)C(=O)O)c(=O)n2Cc2ccc(C)cc2)cc1Cl. The molecule has 2 N–H and O–H groups in total. The third-order valence-corrected chi connectivity index (χ3v) is 5.61. The average Bonchev–Trinajstić information content (AvgIpc) is 2.79. The molecule has 0 aliphatic carbocycles. The van der Waals surface area contributed by atoms with Crippen molar-refractivity contribution in [2.45, 2.75) is 40.5 Å². The van der Waals surface area contributed by atoms with E-state index in [1.165, 1.54) is 11.5 Å². The Kier molecular flexibility index (Phi) is 8.25. The molecule has 10 heteroatoms. The molecule has 0 spiro atoms. The molecular formula is C24H27ClN4O5. The number of aliphatic carboxylic acids is 1. The summed E-state index contributed by atoms with van der Waals surface area (Å²) in [7, 11) is 0. The van der Waals surface area contributed by atoms with Gasteiger partial charge >= 0.3 is 17.3 Å². The Morgan fingerprint density at radius 1 is 1.18 bits per heavy atom. The highest BCUT2D eigenvalue weighted by Crippen LogP contribution is 2.23. The van der Waals surface area contributed by atoms with E-state index in [2.05, 4.69) is 10.3 Å². The van der Waals surface area contributed by atoms with E-state index in [4.69, 9.17) is 16.3 Å². The summed E-state index contributed by atoms with van der Waals surface area (Å²) in [6.45, 7) is 6.04. The van der Waals surface area contributed by atoms with E-state index in [1.54, 1.807) is 18.2 Å². The lowest BCUT2D eigenvalue weighted by Gasteiger charge is -2.17. The summed E-state index contributed by atoms with van der Waals surface area (Å²) in [4.78, 5) is 41.3. The molecule has 0 amide bonds. The van der Waals surface area contributed by atoms with E-state index >= 15 is 0 Å². The van der Waals surface area contributed by atoms with Crippen molar-refractivity contribution in [3.63, 3.8) is 0 Å². The summed E-state index contributed by atoms with van der Waals surface area (Å²) in [5, 5.41) is 12.7. The summed E-state index contributed by atoms with van der Waals surface area (Å²) in [6, 6.07) is 12.8. The number of benzene rings is 2. The molecule has 9 nitrogen and oxygen atoms in total. The molecule has 180 valence electrons. The molecule has 0 radical (unpaired) electrons. The molecule has 3 rings (SSSR count). The van der Waals surface area contributed by atoms with E-state index in [9.17, 15) is 19.5 Å². The topological polar surface area (TPSA) is 115 Å². The molecule has 2 aromatic carbocycles. The first-order valence-electron chi connectivity index (χ1n) is 10.8. The number of nitrogens with one attached hydrogen (secondary N) is 1. The molecule has 0 fully saturated rings. The number of aryl methyl sites for hydroxylation is 1. The number of hydrogen-bond donors (Lipinski definition) is 2. The molecule has 1 heterocycles. The van der Waals surface area contributed by atoms with Gasteiger partial charge in [0.1, 0.15) is 0 Å². The Hall–Kier alpha value is -3.43. The molecule has 0 unspecified atom stereocenters. The zero-order chi connectivity index (χ0) is 24.8. The van der Waals surface area contributed by atoms with Gasteiger partial charge in [-0.05, 0) is 37.1 Å². The van der Waals surface area contributed by atoms with Crippen LogP contribution in [0.5, 0.6) is 0 Å². The van der Waals surface area contributed by atoms with Crippen LogP contribution in [-0.4, -0.2) is 31.8 Å². The normalized spacial score (nSPS) is 11.9. The molecule has 0 bridgehead atoms. The minimum Gasteiger partial charge on any atom is -0.481 e. The number of carbonyl (C=O) groups is 1. The lowest BCUT2D eigenvalue weighted by Crippen LogP contribution is -2.44. The van der Waals surface area contributed by atoms with Crippen molar-refractivity contribution in [1.29, 1.82) is 0 Å². The van der Waals surface area contributed by atoms with Crippen molar-refractivity contribution in [2.24, 2.45) is 5.92 Å². The number of carboxylic acid groups (broad SMARTS) is 1. The van der Waals surface area contributed by atoms with Crippen LogP contribution in [-0.2, 0) is 29.2 Å². The number of aromatic nitrogens is 3. The van der Waals surface area contributed by atoms with E-state index < -0.39 is 23.3 Å². The Balaban J connectivity index is 2.03. The van der Waals surface area contributed by atoms with Crippen molar-refractivity contribution >= 4 is 29.2 Å². The number of anilines is 2. The molecule has 0 aliphatic rings. The average molecular weight is 487 g/mol. The first kappa shape index (κ1) is 25.2. The Morgan fingerprint density at radius 2 is 1.88 bits per heavy atom. The summed E-state index contributed by atoms with van der Waals surface area (Å²) < 4.78 is 7.55. The van der Waals surface area contributed by atoms with E-state index in [1.807, 2.05) is 38.1 Å². The van der Waals surface area contributed by atoms with Crippen LogP contribution in [0, 0.1) is 12.8 Å². The first-order chi connectivity index (χ1) is 16.2. The lowest BCUT2D eigenvalue weighted by molar-refractivity contribution is -0.141. The molecule has 0 saturated carbocycles. The number of nitrogens with zero attached hydrogens (tertiary/aromatic N) is 3. The Labute approximate surface area is 201 Å². The second kappa shape index (κ2) is 11.1. The lowest BCUT2D eigenvalue weighted by atomic mass is 10.1. The van der Waals surface area contributed by atoms with Gasteiger partial charge in [-0.2, -0.15) is 4.98 Å². The first-order valence-corrected chi connectivity index (χ1v) is 11.2. The smallest absolute Gasteiger partial charge is 0.354 e. The molecular weight excluding hydrogens is 460 g/mol. The van der Waals surface area contributed by atoms with Gasteiger partial charge in [-0.3, -0.25) is 9.36 Å². The second-order valence-corrected chi connectivity index (χ2v) is 8.40. The van der Waals surface area contributed by atoms with Crippen molar-refractivity contribution < 1.29 is 14.6 Å². The summed E-state index contributed by atoms with van der Waals surface area (Å²) >= 11 is 6.36. The van der Waals surface area contributed by atoms with Crippen molar-refractivity contribution in [3.8, 4) is 0 Å². The predicted molar refractivity (Wildman–Crippen MR) is 130 cm³/mol. The highest BCUT2D eigenvalue weighted by Gasteiger charge is 2.19. The fourth-order valence-corrected chi connectivity index (χ4v) is 3.47. The molecule has 34 heavy (non-hydrogen) atoms. The highest BCUT2D eigenvalue weighted by molar-refractivity contribution is 6.31. The van der Waals surface area contributed by atoms with Gasteiger partial charge < -0.3 is 15.2 Å². The zero-order valence-corrected chi connectivity index (χ0v) is 20.0. The maximum Gasteiger partial charge on any atom is 0.354 e. The number of carboxylic acids is 1. The third kappa shape index (κ3) is 6.12. The van der Waals surface area contributed by atoms with Crippen LogP contribution in [0.2, 0.25) is 5.02 Å². The number of halogens is 1. The molecule has 0 aliphatic heterocycles. The van der Waals surface area contributed by atoms with Crippen LogP contribution in [0.1, 0.15) is 30.5 Å². The van der Waals surface area contributed by atoms with Crippen molar-refractivity contribution in [3.05, 3.63) is 85.1 Å². The van der Waals surface area contributed by atoms with Gasteiger partial charge in [0.05, 0.1) is 19.1 Å². The maximum atomic E-state index is 13.3. The Morgan fingerprint density at radius 3 is 2.50 bits per heavy atom. The van der Waals surface area contributed by atoms with Gasteiger partial charge in [0, 0.05) is 23.9 Å². The minimum absolute atomic E-state index is 0.0310. The maximum absolute atomic E-state index is 13.3. The predicted octanol–water partition coefficient (Wildman–Crippen LogP) is 3.42. The van der Waals surface area contributed by atoms with Crippen LogP contribution in [0.4, 0.5) is 11.6 Å². The van der Waals surface area contributed by atoms with Gasteiger partial charge in [-0.25, -0.2) is 14.2 Å². The number of ether oxygens (including phenoxy) is 1. The van der Waals surface area contributed by atoms with Gasteiger partial charge in [-0.15, -0.1) is 0 Å². The fraction of sp³-hybridized carbons (Fsp3) is 0.333. The fourth-order valence-electron chi connectivity index (χ4n) is 3.23. The molecule has 3 aromatic rings. The van der Waals surface area contributed by atoms with Crippen molar-refractivity contribution in [2.75, 3.05) is 11.9 Å². The molecule has 0 saturated heterocycles. The highest BCUT2D eigenvalue weighted by atomic mass is 35.5. The largest absolute Gasteiger partial charge is 0.481 e. The summed E-state index contributed by atoms with van der Waals surface area (Å²) in [6.07, 6.45) is 0. The quantitative estimate of drug-likeness (QED) is 0.451. The number of rotatable bonds is 10. The van der Waals surface area contributed by atoms with E-state index in [0.29, 0.717) is 23.9 Å². The summed E-state index contributed by atoms with van der Waals surface area (Å²) in [5.41, 5.74) is 1.73. The summed E-state index contributed by atoms with van der Waals surface area (Å²) in [5.74, 6) is -2.01. The third-order valence-electron chi connectivity index (χ3n) is 5.26. The minimum atomic E-state index is -1.11. The Bertz CT molecular complexity index is 1280. The van der Waals surface area contributed by atoms with Crippen LogP contribution in [0.25, 0.3) is 0 Å². The monoisotopic (exact) mass is 486 g/mol. The zero-order valence-electron chi connectivity index (χ0n) is 19.2. The van der Waals surface area contributed by atoms with Gasteiger partial charge in [-0.1, -0.05) is 54.4 Å². The van der Waals surface area contributed by atoms with Crippen LogP contribution in [0.3, 0.4) is 0 Å². The van der Waals surface area contributed by atoms with Crippen LogP contribution in [0.15, 0.2) is 52.1 Å².